The summed E-state index contributed by atoms with van der Waals surface area (Å²) in [4.78, 5) is 30.6. The van der Waals surface area contributed by atoms with Crippen LogP contribution in [-0.2, 0) is 0 Å². The number of carbonyl (C=O) groups is 2. The summed E-state index contributed by atoms with van der Waals surface area (Å²) >= 11 is 10.2. The molecule has 0 atom stereocenters. The van der Waals surface area contributed by atoms with Crippen LogP contribution in [0, 0.1) is 0 Å². The van der Waals surface area contributed by atoms with E-state index in [0.29, 0.717) is 17.7 Å². The number of fused-ring (bicyclic) bond motifs is 1. The molecule has 0 fully saturated rings. The zero-order valence-electron chi connectivity index (χ0n) is 20.1. The van der Waals surface area contributed by atoms with Gasteiger partial charge in [0.05, 0.1) is 18.7 Å². The molecule has 0 bridgehead atoms. The van der Waals surface area contributed by atoms with Crippen molar-refractivity contribution in [1.29, 1.82) is 0 Å². The van der Waals surface area contributed by atoms with E-state index >= 15 is 0 Å². The number of thiophene rings is 2. The standard InChI is InChI=1S/C28H31Br2NO2S2/c1-2-3-4-5-6-7-8-9-10-11-18-31-27(32)25-19(21-14-16-23(29)34-21)12-13-20(26(25)28(31)33)22-15-17-24(30)35-22/h12-17H,2-11,18H2,1H3. The summed E-state index contributed by atoms with van der Waals surface area (Å²) in [6, 6.07) is 12.0. The maximum absolute atomic E-state index is 13.6. The van der Waals surface area contributed by atoms with Gasteiger partial charge in [-0.15, -0.1) is 22.7 Å². The molecule has 0 radical (unpaired) electrons. The summed E-state index contributed by atoms with van der Waals surface area (Å²) in [5.74, 6) is -0.309. The molecule has 4 rings (SSSR count). The highest BCUT2D eigenvalue weighted by Crippen LogP contribution is 2.43. The number of carbonyl (C=O) groups excluding carboxylic acids is 2. The molecule has 186 valence electrons. The fraction of sp³-hybridized carbons (Fsp3) is 0.429. The summed E-state index contributed by atoms with van der Waals surface area (Å²) in [6.07, 6.45) is 12.3. The van der Waals surface area contributed by atoms with Gasteiger partial charge >= 0.3 is 0 Å². The normalized spacial score (nSPS) is 13.2. The van der Waals surface area contributed by atoms with E-state index < -0.39 is 0 Å². The monoisotopic (exact) mass is 635 g/mol. The molecule has 0 aliphatic carbocycles. The van der Waals surface area contributed by atoms with Crippen LogP contribution >= 0.6 is 54.5 Å². The van der Waals surface area contributed by atoms with Crippen LogP contribution < -0.4 is 0 Å². The predicted octanol–water partition coefficient (Wildman–Crippen LogP) is 10.2. The van der Waals surface area contributed by atoms with Gasteiger partial charge in [-0.1, -0.05) is 76.8 Å². The second kappa shape index (κ2) is 12.8. The molecule has 0 saturated carbocycles. The Hall–Kier alpha value is -1.28. The highest BCUT2D eigenvalue weighted by Gasteiger charge is 2.40. The first-order chi connectivity index (χ1) is 17.0. The minimum Gasteiger partial charge on any atom is -0.274 e. The van der Waals surface area contributed by atoms with Gasteiger partial charge in [0.2, 0.25) is 0 Å². The number of halogens is 2. The lowest BCUT2D eigenvalue weighted by Gasteiger charge is -2.13. The number of imide groups is 1. The van der Waals surface area contributed by atoms with Crippen molar-refractivity contribution < 1.29 is 9.59 Å². The molecule has 1 aliphatic heterocycles. The van der Waals surface area contributed by atoms with Crippen molar-refractivity contribution in [2.24, 2.45) is 0 Å². The molecule has 3 aromatic rings. The second-order valence-electron chi connectivity index (χ2n) is 9.06. The van der Waals surface area contributed by atoms with Gasteiger partial charge in [-0.2, -0.15) is 0 Å². The van der Waals surface area contributed by atoms with Gasteiger partial charge in [-0.3, -0.25) is 14.5 Å². The third-order valence-corrected chi connectivity index (χ3v) is 9.85. The largest absolute Gasteiger partial charge is 0.274 e. The lowest BCUT2D eigenvalue weighted by Crippen LogP contribution is -2.30. The Labute approximate surface area is 233 Å². The van der Waals surface area contributed by atoms with Crippen LogP contribution in [0.5, 0.6) is 0 Å². The molecule has 1 aliphatic rings. The zero-order valence-corrected chi connectivity index (χ0v) is 24.9. The molecule has 0 saturated heterocycles. The van der Waals surface area contributed by atoms with Crippen molar-refractivity contribution >= 4 is 66.3 Å². The van der Waals surface area contributed by atoms with E-state index in [1.807, 2.05) is 36.4 Å². The van der Waals surface area contributed by atoms with Gasteiger partial charge in [0.15, 0.2) is 0 Å². The molecule has 1 aromatic carbocycles. The van der Waals surface area contributed by atoms with Crippen molar-refractivity contribution in [1.82, 2.24) is 4.90 Å². The molecule has 0 spiro atoms. The van der Waals surface area contributed by atoms with Crippen LogP contribution in [0.25, 0.3) is 20.9 Å². The Kier molecular flexibility index (Phi) is 9.79. The van der Waals surface area contributed by atoms with Crippen LogP contribution in [0.15, 0.2) is 44.0 Å². The summed E-state index contributed by atoms with van der Waals surface area (Å²) in [7, 11) is 0. The topological polar surface area (TPSA) is 37.4 Å². The van der Waals surface area contributed by atoms with E-state index in [0.717, 1.165) is 41.3 Å². The van der Waals surface area contributed by atoms with Gasteiger partial charge in [0.25, 0.3) is 11.8 Å². The molecule has 0 unspecified atom stereocenters. The van der Waals surface area contributed by atoms with Crippen molar-refractivity contribution in [2.75, 3.05) is 6.54 Å². The minimum absolute atomic E-state index is 0.155. The van der Waals surface area contributed by atoms with Gasteiger partial charge in [-0.25, -0.2) is 0 Å². The van der Waals surface area contributed by atoms with E-state index in [9.17, 15) is 9.59 Å². The van der Waals surface area contributed by atoms with Crippen LogP contribution in [0.4, 0.5) is 0 Å². The van der Waals surface area contributed by atoms with E-state index in [4.69, 9.17) is 0 Å². The van der Waals surface area contributed by atoms with Crippen molar-refractivity contribution in [2.45, 2.75) is 71.1 Å². The highest BCUT2D eigenvalue weighted by molar-refractivity contribution is 9.11. The van der Waals surface area contributed by atoms with E-state index in [2.05, 4.69) is 38.8 Å². The lowest BCUT2D eigenvalue weighted by molar-refractivity contribution is 0.0652. The van der Waals surface area contributed by atoms with Crippen LogP contribution in [0.1, 0.15) is 91.8 Å². The number of benzene rings is 1. The van der Waals surface area contributed by atoms with E-state index in [1.54, 1.807) is 22.7 Å². The summed E-state index contributed by atoms with van der Waals surface area (Å²) in [5, 5.41) is 0. The average molecular weight is 638 g/mol. The Bertz CT molecular complexity index is 1100. The van der Waals surface area contributed by atoms with Gasteiger partial charge in [0, 0.05) is 27.4 Å². The molecule has 0 N–H and O–H groups in total. The number of rotatable bonds is 13. The fourth-order valence-electron chi connectivity index (χ4n) is 4.70. The van der Waals surface area contributed by atoms with Gasteiger partial charge in [0.1, 0.15) is 0 Å². The van der Waals surface area contributed by atoms with Crippen LogP contribution in [0.2, 0.25) is 0 Å². The first-order valence-corrected chi connectivity index (χ1v) is 15.8. The zero-order chi connectivity index (χ0) is 24.8. The third-order valence-electron chi connectivity index (χ3n) is 6.54. The van der Waals surface area contributed by atoms with E-state index in [1.165, 1.54) is 56.3 Å². The van der Waals surface area contributed by atoms with Crippen molar-refractivity contribution in [3.05, 3.63) is 55.1 Å². The molecule has 2 aromatic heterocycles. The lowest BCUT2D eigenvalue weighted by atomic mass is 9.96. The first-order valence-electron chi connectivity index (χ1n) is 12.6. The minimum atomic E-state index is -0.155. The van der Waals surface area contributed by atoms with Crippen LogP contribution in [0.3, 0.4) is 0 Å². The number of hydrogen-bond acceptors (Lipinski definition) is 4. The molecular formula is C28H31Br2NO2S2. The number of nitrogens with zero attached hydrogens (tertiary/aromatic N) is 1. The van der Waals surface area contributed by atoms with Crippen molar-refractivity contribution in [3.63, 3.8) is 0 Å². The van der Waals surface area contributed by atoms with Gasteiger partial charge in [-0.05, 0) is 62.5 Å². The number of amides is 2. The first kappa shape index (κ1) is 26.8. The average Bonchev–Trinajstić information content (AvgIpc) is 3.54. The van der Waals surface area contributed by atoms with E-state index in [-0.39, 0.29) is 11.8 Å². The molecule has 3 heterocycles. The predicted molar refractivity (Wildman–Crippen MR) is 156 cm³/mol. The fourth-order valence-corrected chi connectivity index (χ4v) is 7.53. The Morgan fingerprint density at radius 1 is 0.629 bits per heavy atom. The second-order valence-corrected chi connectivity index (χ2v) is 14.0. The van der Waals surface area contributed by atoms with Crippen molar-refractivity contribution in [3.8, 4) is 20.9 Å². The maximum Gasteiger partial charge on any atom is 0.262 e. The SMILES string of the molecule is CCCCCCCCCCCCN1C(=O)c2c(-c3ccc(Br)s3)ccc(-c3ccc(Br)s3)c2C1=O. The number of hydrogen-bond donors (Lipinski definition) is 0. The quantitative estimate of drug-likeness (QED) is 0.138. The van der Waals surface area contributed by atoms with Gasteiger partial charge < -0.3 is 0 Å². The summed E-state index contributed by atoms with van der Waals surface area (Å²) in [6.45, 7) is 2.74. The summed E-state index contributed by atoms with van der Waals surface area (Å²) in [5.41, 5.74) is 2.80. The third kappa shape index (κ3) is 6.35. The Balaban J connectivity index is 1.46. The molecule has 35 heavy (non-hydrogen) atoms. The maximum atomic E-state index is 13.6. The highest BCUT2D eigenvalue weighted by atomic mass is 79.9. The molecule has 3 nitrogen and oxygen atoms in total. The Morgan fingerprint density at radius 3 is 1.46 bits per heavy atom. The molecular weight excluding hydrogens is 606 g/mol. The molecule has 7 heteroatoms. The summed E-state index contributed by atoms with van der Waals surface area (Å²) < 4.78 is 2.01. The Morgan fingerprint density at radius 2 is 1.06 bits per heavy atom. The molecule has 2 amide bonds. The van der Waals surface area contributed by atoms with Crippen LogP contribution in [-0.4, -0.2) is 23.3 Å². The smallest absolute Gasteiger partial charge is 0.262 e. The number of unbranched alkanes of at least 4 members (excludes halogenated alkanes) is 9.